The average Bonchev–Trinajstić information content (AvgIpc) is 2.67. The third-order valence-corrected chi connectivity index (χ3v) is 5.98. The minimum atomic E-state index is -0.766. The third-order valence-electron chi connectivity index (χ3n) is 5.98. The molecule has 2 fully saturated rings. The van der Waals surface area contributed by atoms with E-state index in [1.807, 2.05) is 7.05 Å². The van der Waals surface area contributed by atoms with Crippen LogP contribution in [0.1, 0.15) is 36.0 Å². The highest BCUT2D eigenvalue weighted by Crippen LogP contribution is 2.43. The molecule has 2 heterocycles. The summed E-state index contributed by atoms with van der Waals surface area (Å²) in [7, 11) is 1.95. The second-order valence-electron chi connectivity index (χ2n) is 7.78. The van der Waals surface area contributed by atoms with Crippen LogP contribution in [-0.2, 0) is 4.79 Å². The highest BCUT2D eigenvalue weighted by molar-refractivity contribution is 5.96. The van der Waals surface area contributed by atoms with Crippen molar-refractivity contribution in [2.45, 2.75) is 31.7 Å². The van der Waals surface area contributed by atoms with Gasteiger partial charge in [-0.1, -0.05) is 0 Å². The van der Waals surface area contributed by atoms with E-state index >= 15 is 0 Å². The Labute approximate surface area is 164 Å². The molecule has 2 aliphatic heterocycles. The number of carbonyl (C=O) groups excluding carboxylic acids is 2. The molecule has 2 aliphatic rings. The molecule has 2 amide bonds. The molecule has 1 aromatic carbocycles. The van der Waals surface area contributed by atoms with Gasteiger partial charge in [-0.3, -0.25) is 9.59 Å². The van der Waals surface area contributed by atoms with Crippen LogP contribution >= 0.6 is 0 Å². The zero-order valence-corrected chi connectivity index (χ0v) is 16.2. The number of nitrogens with one attached hydrogen (secondary N) is 1. The Bertz CT molecular complexity index is 744. The van der Waals surface area contributed by atoms with E-state index in [1.165, 1.54) is 12.1 Å². The molecule has 3 N–H and O–H groups in total. The van der Waals surface area contributed by atoms with Gasteiger partial charge in [0.25, 0.3) is 5.91 Å². The van der Waals surface area contributed by atoms with E-state index in [4.69, 9.17) is 5.11 Å². The zero-order chi connectivity index (χ0) is 20.3. The number of nitrogens with zero attached hydrogens (tertiary/aromatic N) is 2. The van der Waals surface area contributed by atoms with Crippen LogP contribution in [0.25, 0.3) is 0 Å². The van der Waals surface area contributed by atoms with Crippen LogP contribution in [-0.4, -0.2) is 77.7 Å². The van der Waals surface area contributed by atoms with Gasteiger partial charge in [0.2, 0.25) is 5.91 Å². The van der Waals surface area contributed by atoms with Gasteiger partial charge >= 0.3 is 0 Å². The fraction of sp³-hybridized carbons (Fsp3) is 0.600. The van der Waals surface area contributed by atoms with Crippen molar-refractivity contribution >= 4 is 11.8 Å². The van der Waals surface area contributed by atoms with Gasteiger partial charge in [0.15, 0.2) is 0 Å². The van der Waals surface area contributed by atoms with Crippen molar-refractivity contribution in [3.05, 3.63) is 29.6 Å². The average molecular weight is 393 g/mol. The molecule has 1 aromatic rings. The van der Waals surface area contributed by atoms with Crippen LogP contribution in [0.2, 0.25) is 0 Å². The van der Waals surface area contributed by atoms with E-state index < -0.39 is 17.1 Å². The van der Waals surface area contributed by atoms with Gasteiger partial charge in [-0.2, -0.15) is 0 Å². The topological polar surface area (TPSA) is 93.1 Å². The molecule has 2 saturated heterocycles. The summed E-state index contributed by atoms with van der Waals surface area (Å²) in [5, 5.41) is 21.3. The Morgan fingerprint density at radius 2 is 2.11 bits per heavy atom. The van der Waals surface area contributed by atoms with Gasteiger partial charge in [0.1, 0.15) is 11.6 Å². The first kappa shape index (κ1) is 20.5. The van der Waals surface area contributed by atoms with Crippen molar-refractivity contribution in [1.29, 1.82) is 0 Å². The fourth-order valence-electron chi connectivity index (χ4n) is 4.44. The van der Waals surface area contributed by atoms with Crippen molar-refractivity contribution in [2.24, 2.45) is 5.41 Å². The minimum absolute atomic E-state index is 0.00415. The first-order chi connectivity index (χ1) is 13.4. The van der Waals surface area contributed by atoms with Crippen LogP contribution in [0.4, 0.5) is 4.39 Å². The van der Waals surface area contributed by atoms with Crippen LogP contribution in [0.3, 0.4) is 0 Å². The van der Waals surface area contributed by atoms with E-state index in [-0.39, 0.29) is 29.9 Å². The number of aromatic hydroxyl groups is 1. The Balaban J connectivity index is 1.89. The summed E-state index contributed by atoms with van der Waals surface area (Å²) in [6.07, 6.45) is 2.45. The SMILES string of the molecule is CN1CC[C@]2(C(=O)NCCCO)CCCN(C(=O)c3ccc(O)cc3F)[C@H]2C1. The maximum Gasteiger partial charge on any atom is 0.257 e. The van der Waals surface area contributed by atoms with E-state index in [9.17, 15) is 19.1 Å². The summed E-state index contributed by atoms with van der Waals surface area (Å²) < 4.78 is 14.3. The number of benzene rings is 1. The van der Waals surface area contributed by atoms with Crippen molar-refractivity contribution < 1.29 is 24.2 Å². The number of likely N-dealkylation sites (tertiary alicyclic amines) is 2. The molecule has 28 heavy (non-hydrogen) atoms. The molecule has 0 spiro atoms. The first-order valence-electron chi connectivity index (χ1n) is 9.76. The maximum atomic E-state index is 14.3. The number of aliphatic hydroxyl groups excluding tert-OH is 1. The summed E-state index contributed by atoms with van der Waals surface area (Å²) in [5.74, 6) is -1.55. The number of likely N-dealkylation sites (N-methyl/N-ethyl adjacent to an activating group) is 1. The predicted molar refractivity (Wildman–Crippen MR) is 101 cm³/mol. The number of piperidine rings is 2. The summed E-state index contributed by atoms with van der Waals surface area (Å²) in [6.45, 7) is 2.14. The minimum Gasteiger partial charge on any atom is -0.508 e. The second-order valence-corrected chi connectivity index (χ2v) is 7.78. The molecule has 7 nitrogen and oxygen atoms in total. The smallest absolute Gasteiger partial charge is 0.257 e. The molecule has 0 bridgehead atoms. The van der Waals surface area contributed by atoms with Gasteiger partial charge in [-0.15, -0.1) is 0 Å². The molecule has 0 aliphatic carbocycles. The molecule has 154 valence electrons. The molecule has 0 saturated carbocycles. The molecular formula is C20H28FN3O4. The molecule has 2 atom stereocenters. The molecule has 0 aromatic heterocycles. The van der Waals surface area contributed by atoms with Crippen molar-refractivity contribution in [3.8, 4) is 5.75 Å². The predicted octanol–water partition coefficient (Wildman–Crippen LogP) is 0.956. The van der Waals surface area contributed by atoms with E-state index in [0.29, 0.717) is 45.3 Å². The lowest BCUT2D eigenvalue weighted by molar-refractivity contribution is -0.142. The van der Waals surface area contributed by atoms with Crippen LogP contribution in [0.15, 0.2) is 18.2 Å². The van der Waals surface area contributed by atoms with Gasteiger partial charge in [0.05, 0.1) is 17.0 Å². The quantitative estimate of drug-likeness (QED) is 0.648. The number of hydrogen-bond acceptors (Lipinski definition) is 5. The molecule has 3 rings (SSSR count). The number of halogens is 1. The summed E-state index contributed by atoms with van der Waals surface area (Å²) >= 11 is 0. The van der Waals surface area contributed by atoms with Crippen LogP contribution in [0.5, 0.6) is 5.75 Å². The number of phenolic OH excluding ortho intramolecular Hbond substituents is 1. The number of aliphatic hydroxyl groups is 1. The Morgan fingerprint density at radius 1 is 1.32 bits per heavy atom. The van der Waals surface area contributed by atoms with E-state index in [2.05, 4.69) is 10.2 Å². The van der Waals surface area contributed by atoms with Crippen LogP contribution < -0.4 is 5.32 Å². The van der Waals surface area contributed by atoms with E-state index in [1.54, 1.807) is 4.90 Å². The molecule has 0 radical (unpaired) electrons. The monoisotopic (exact) mass is 393 g/mol. The van der Waals surface area contributed by atoms with Gasteiger partial charge in [0, 0.05) is 32.3 Å². The lowest BCUT2D eigenvalue weighted by Crippen LogP contribution is -2.66. The lowest BCUT2D eigenvalue weighted by Gasteiger charge is -2.53. The second kappa shape index (κ2) is 8.45. The first-order valence-corrected chi connectivity index (χ1v) is 9.76. The van der Waals surface area contributed by atoms with Crippen molar-refractivity contribution in [2.75, 3.05) is 39.8 Å². The zero-order valence-electron chi connectivity index (χ0n) is 16.2. The highest BCUT2D eigenvalue weighted by atomic mass is 19.1. The molecule has 8 heteroatoms. The number of rotatable bonds is 5. The number of hydrogen-bond donors (Lipinski definition) is 3. The standard InChI is InChI=1S/C20H28FN3O4/c1-23-10-7-20(19(28)22-8-3-11-25)6-2-9-24(17(20)13-23)18(27)15-5-4-14(26)12-16(15)21/h4-5,12,17,25-26H,2-3,6-11,13H2,1H3,(H,22,28)/t17-,20+/m0/s1. The number of phenols is 1. The molecular weight excluding hydrogens is 365 g/mol. The Kier molecular flexibility index (Phi) is 6.20. The number of fused-ring (bicyclic) bond motifs is 1. The van der Waals surface area contributed by atoms with Crippen molar-refractivity contribution in [3.63, 3.8) is 0 Å². The van der Waals surface area contributed by atoms with Crippen LogP contribution in [0, 0.1) is 11.2 Å². The normalized spacial score (nSPS) is 25.2. The Hall–Kier alpha value is -2.19. The fourth-order valence-corrected chi connectivity index (χ4v) is 4.44. The summed E-state index contributed by atoms with van der Waals surface area (Å²) in [6, 6.07) is 3.16. The summed E-state index contributed by atoms with van der Waals surface area (Å²) in [4.78, 5) is 29.9. The molecule has 0 unspecified atom stereocenters. The summed E-state index contributed by atoms with van der Waals surface area (Å²) in [5.41, 5.74) is -0.800. The van der Waals surface area contributed by atoms with Gasteiger partial charge in [-0.25, -0.2) is 4.39 Å². The van der Waals surface area contributed by atoms with Crippen molar-refractivity contribution in [1.82, 2.24) is 15.1 Å². The van der Waals surface area contributed by atoms with Gasteiger partial charge in [-0.05, 0) is 51.4 Å². The highest BCUT2D eigenvalue weighted by Gasteiger charge is 2.53. The Morgan fingerprint density at radius 3 is 2.82 bits per heavy atom. The van der Waals surface area contributed by atoms with E-state index in [0.717, 1.165) is 12.6 Å². The number of carbonyl (C=O) groups is 2. The largest absolute Gasteiger partial charge is 0.508 e. The van der Waals surface area contributed by atoms with Gasteiger partial charge < -0.3 is 25.3 Å². The lowest BCUT2D eigenvalue weighted by atomic mass is 9.67. The maximum absolute atomic E-state index is 14.3. The number of amides is 2. The third kappa shape index (κ3) is 3.84.